The van der Waals surface area contributed by atoms with Gasteiger partial charge in [0.15, 0.2) is 0 Å². The number of pyridine rings is 2. The number of halogens is 6. The molecule has 1 atom stereocenters. The van der Waals surface area contributed by atoms with Gasteiger partial charge in [-0.15, -0.1) is 0 Å². The van der Waals surface area contributed by atoms with E-state index in [1.165, 1.54) is 12.3 Å². The Kier molecular flexibility index (Phi) is 5.56. The van der Waals surface area contributed by atoms with Gasteiger partial charge in [-0.25, -0.2) is 4.98 Å². The normalized spacial score (nSPS) is 13.2. The van der Waals surface area contributed by atoms with Crippen LogP contribution < -0.4 is 5.32 Å². The lowest BCUT2D eigenvalue weighted by molar-refractivity contribution is -0.139. The molecule has 4 aromatic rings. The number of carbonyl (C=O) groups is 1. The van der Waals surface area contributed by atoms with Crippen molar-refractivity contribution >= 4 is 16.9 Å². The van der Waals surface area contributed by atoms with Crippen LogP contribution in [-0.2, 0) is 12.4 Å². The van der Waals surface area contributed by atoms with Crippen LogP contribution in [0.4, 0.5) is 26.3 Å². The van der Waals surface area contributed by atoms with E-state index in [9.17, 15) is 31.1 Å². The summed E-state index contributed by atoms with van der Waals surface area (Å²) in [6.45, 7) is 0. The van der Waals surface area contributed by atoms with Gasteiger partial charge in [0, 0.05) is 17.8 Å². The molecule has 0 fully saturated rings. The number of carbonyl (C=O) groups excluding carboxylic acids is 1. The standard InChI is InChI=1S/C22H14F6N4O/c23-21(24,25)14-7-5-12(6-8-14)17(18-15(22(26,27)28)4-2-9-29-18)32-20(33)16-11-13-3-1-10-30-19(13)31-16/h1-11,17H,(H,30,31)(H,32,33). The first-order valence-electron chi connectivity index (χ1n) is 9.48. The first kappa shape index (κ1) is 22.3. The second-order valence-corrected chi connectivity index (χ2v) is 7.08. The molecule has 4 rings (SSSR count). The Hall–Kier alpha value is -3.89. The molecular weight excluding hydrogens is 450 g/mol. The molecule has 5 nitrogen and oxygen atoms in total. The molecule has 0 saturated heterocycles. The van der Waals surface area contributed by atoms with Crippen LogP contribution in [0.25, 0.3) is 11.0 Å². The molecular formula is C22H14F6N4O. The van der Waals surface area contributed by atoms with Crippen LogP contribution in [0.3, 0.4) is 0 Å². The van der Waals surface area contributed by atoms with Crippen molar-refractivity contribution in [3.05, 3.63) is 95.1 Å². The number of hydrogen-bond donors (Lipinski definition) is 2. The van der Waals surface area contributed by atoms with Gasteiger partial charge in [0.25, 0.3) is 5.91 Å². The van der Waals surface area contributed by atoms with Crippen molar-refractivity contribution in [2.45, 2.75) is 18.4 Å². The highest BCUT2D eigenvalue weighted by atomic mass is 19.4. The Morgan fingerprint density at radius 3 is 2.18 bits per heavy atom. The third-order valence-electron chi connectivity index (χ3n) is 4.90. The quantitative estimate of drug-likeness (QED) is 0.391. The molecule has 0 spiro atoms. The largest absolute Gasteiger partial charge is 0.418 e. The lowest BCUT2D eigenvalue weighted by Gasteiger charge is -2.22. The van der Waals surface area contributed by atoms with Crippen LogP contribution in [0.5, 0.6) is 0 Å². The van der Waals surface area contributed by atoms with E-state index in [1.807, 2.05) is 0 Å². The highest BCUT2D eigenvalue weighted by molar-refractivity contribution is 5.97. The van der Waals surface area contributed by atoms with Crippen LogP contribution in [0.2, 0.25) is 0 Å². The van der Waals surface area contributed by atoms with Crippen molar-refractivity contribution in [2.24, 2.45) is 0 Å². The van der Waals surface area contributed by atoms with Crippen molar-refractivity contribution in [2.75, 3.05) is 0 Å². The Morgan fingerprint density at radius 1 is 0.879 bits per heavy atom. The number of nitrogens with one attached hydrogen (secondary N) is 2. The zero-order valence-corrected chi connectivity index (χ0v) is 16.5. The highest BCUT2D eigenvalue weighted by Gasteiger charge is 2.37. The SMILES string of the molecule is O=C(NC(c1ccc(C(F)(F)F)cc1)c1ncccc1C(F)(F)F)c1cc2cccnc2[nH]1. The van der Waals surface area contributed by atoms with Crippen molar-refractivity contribution in [1.82, 2.24) is 20.3 Å². The summed E-state index contributed by atoms with van der Waals surface area (Å²) in [5, 5.41) is 3.06. The summed E-state index contributed by atoms with van der Waals surface area (Å²) >= 11 is 0. The van der Waals surface area contributed by atoms with Crippen molar-refractivity contribution in [3.8, 4) is 0 Å². The molecule has 1 unspecified atom stereocenters. The van der Waals surface area contributed by atoms with Gasteiger partial charge < -0.3 is 10.3 Å². The van der Waals surface area contributed by atoms with Gasteiger partial charge in [0.2, 0.25) is 0 Å². The molecule has 1 aromatic carbocycles. The van der Waals surface area contributed by atoms with Gasteiger partial charge in [0.1, 0.15) is 11.3 Å². The summed E-state index contributed by atoms with van der Waals surface area (Å²) in [6.07, 6.45) is -6.82. The Bertz CT molecular complexity index is 1260. The third-order valence-corrected chi connectivity index (χ3v) is 4.90. The molecule has 0 aliphatic carbocycles. The Labute approximate surface area is 182 Å². The molecule has 2 N–H and O–H groups in total. The summed E-state index contributed by atoms with van der Waals surface area (Å²) in [6, 6.07) is 8.68. The van der Waals surface area contributed by atoms with Gasteiger partial charge in [-0.3, -0.25) is 9.78 Å². The van der Waals surface area contributed by atoms with E-state index in [0.29, 0.717) is 11.0 Å². The third kappa shape index (κ3) is 4.66. The number of nitrogens with zero attached hydrogens (tertiary/aromatic N) is 2. The smallest absolute Gasteiger partial charge is 0.338 e. The topological polar surface area (TPSA) is 70.7 Å². The number of aromatic nitrogens is 3. The maximum atomic E-state index is 13.6. The van der Waals surface area contributed by atoms with Gasteiger partial charge in [-0.2, -0.15) is 26.3 Å². The Balaban J connectivity index is 1.77. The summed E-state index contributed by atoms with van der Waals surface area (Å²) < 4.78 is 79.8. The van der Waals surface area contributed by atoms with E-state index < -0.39 is 41.1 Å². The lowest BCUT2D eigenvalue weighted by Crippen LogP contribution is -2.32. The zero-order chi connectivity index (χ0) is 23.8. The number of aromatic amines is 1. The van der Waals surface area contributed by atoms with Crippen LogP contribution >= 0.6 is 0 Å². The molecule has 3 aromatic heterocycles. The van der Waals surface area contributed by atoms with E-state index in [2.05, 4.69) is 20.3 Å². The maximum absolute atomic E-state index is 13.6. The predicted octanol–water partition coefficient (Wildman–Crippen LogP) is 5.51. The minimum atomic E-state index is -4.80. The van der Waals surface area contributed by atoms with Crippen LogP contribution in [-0.4, -0.2) is 20.9 Å². The number of H-pyrrole nitrogens is 1. The molecule has 1 amide bonds. The summed E-state index contributed by atoms with van der Waals surface area (Å²) in [7, 11) is 0. The number of fused-ring (bicyclic) bond motifs is 1. The first-order chi connectivity index (χ1) is 15.5. The minimum absolute atomic E-state index is 0.00483. The molecule has 0 aliphatic rings. The van der Waals surface area contributed by atoms with Gasteiger partial charge >= 0.3 is 12.4 Å². The maximum Gasteiger partial charge on any atom is 0.418 e. The molecule has 11 heteroatoms. The highest BCUT2D eigenvalue weighted by Crippen LogP contribution is 2.36. The van der Waals surface area contributed by atoms with Gasteiger partial charge in [-0.1, -0.05) is 12.1 Å². The molecule has 0 bridgehead atoms. The van der Waals surface area contributed by atoms with E-state index in [1.54, 1.807) is 12.1 Å². The fourth-order valence-corrected chi connectivity index (χ4v) is 3.35. The molecule has 170 valence electrons. The van der Waals surface area contributed by atoms with Crippen molar-refractivity contribution in [1.29, 1.82) is 0 Å². The number of hydrogen-bond acceptors (Lipinski definition) is 3. The van der Waals surface area contributed by atoms with E-state index in [4.69, 9.17) is 0 Å². The minimum Gasteiger partial charge on any atom is -0.338 e. The average molecular weight is 464 g/mol. The van der Waals surface area contributed by atoms with Crippen LogP contribution in [0.1, 0.15) is 38.9 Å². The summed E-state index contributed by atoms with van der Waals surface area (Å²) in [4.78, 5) is 23.5. The molecule has 0 radical (unpaired) electrons. The van der Waals surface area contributed by atoms with Gasteiger partial charge in [-0.05, 0) is 48.0 Å². The van der Waals surface area contributed by atoms with Crippen molar-refractivity contribution < 1.29 is 31.1 Å². The predicted molar refractivity (Wildman–Crippen MR) is 106 cm³/mol. The summed E-state index contributed by atoms with van der Waals surface area (Å²) in [5.74, 6) is -0.781. The van der Waals surface area contributed by atoms with Crippen LogP contribution in [0, 0.1) is 0 Å². The zero-order valence-electron chi connectivity index (χ0n) is 16.5. The second-order valence-electron chi connectivity index (χ2n) is 7.08. The Morgan fingerprint density at radius 2 is 1.55 bits per heavy atom. The first-order valence-corrected chi connectivity index (χ1v) is 9.48. The van der Waals surface area contributed by atoms with E-state index >= 15 is 0 Å². The molecule has 0 aliphatic heterocycles. The fourth-order valence-electron chi connectivity index (χ4n) is 3.35. The number of benzene rings is 1. The number of amides is 1. The number of alkyl halides is 6. The monoisotopic (exact) mass is 464 g/mol. The van der Waals surface area contributed by atoms with Crippen molar-refractivity contribution in [3.63, 3.8) is 0 Å². The van der Waals surface area contributed by atoms with Gasteiger partial charge in [0.05, 0.1) is 22.9 Å². The molecule has 33 heavy (non-hydrogen) atoms. The molecule has 3 heterocycles. The number of rotatable bonds is 4. The summed E-state index contributed by atoms with van der Waals surface area (Å²) in [5.41, 5.74) is -2.24. The molecule has 0 saturated carbocycles. The lowest BCUT2D eigenvalue weighted by atomic mass is 9.97. The fraction of sp³-hybridized carbons (Fsp3) is 0.136. The van der Waals surface area contributed by atoms with Crippen LogP contribution in [0.15, 0.2) is 67.0 Å². The van der Waals surface area contributed by atoms with E-state index in [-0.39, 0.29) is 11.3 Å². The second kappa shape index (κ2) is 8.23. The average Bonchev–Trinajstić information content (AvgIpc) is 3.21. The van der Waals surface area contributed by atoms with E-state index in [0.717, 1.165) is 42.6 Å².